The van der Waals surface area contributed by atoms with Gasteiger partial charge in [-0.25, -0.2) is 0 Å². The van der Waals surface area contributed by atoms with Gasteiger partial charge in [0.1, 0.15) is 0 Å². The Kier molecular flexibility index (Phi) is 5.83. The summed E-state index contributed by atoms with van der Waals surface area (Å²) >= 11 is 1.74. The van der Waals surface area contributed by atoms with Crippen LogP contribution < -0.4 is 10.2 Å². The van der Waals surface area contributed by atoms with E-state index in [1.165, 1.54) is 20.9 Å². The van der Waals surface area contributed by atoms with Crippen molar-refractivity contribution < 1.29 is 9.69 Å². The SMILES string of the molecule is C[C@H](C(=O)NCCc1cccs1)[NH+]1CC=C(c2ccccc2)CC1. The molecule has 2 heterocycles. The number of thiophene rings is 1. The first-order valence-corrected chi connectivity index (χ1v) is 9.51. The fourth-order valence-electron chi connectivity index (χ4n) is 3.16. The fraction of sp³-hybridized carbons (Fsp3) is 0.350. The molecule has 3 nitrogen and oxygen atoms in total. The van der Waals surface area contributed by atoms with Gasteiger partial charge in [0.15, 0.2) is 6.04 Å². The lowest BCUT2D eigenvalue weighted by atomic mass is 9.99. The highest BCUT2D eigenvalue weighted by atomic mass is 32.1. The molecule has 4 heteroatoms. The molecule has 0 aliphatic carbocycles. The molecular weight excluding hydrogens is 316 g/mol. The van der Waals surface area contributed by atoms with Crippen molar-refractivity contribution in [2.75, 3.05) is 19.6 Å². The zero-order valence-corrected chi connectivity index (χ0v) is 14.9. The van der Waals surface area contributed by atoms with Crippen LogP contribution in [0.2, 0.25) is 0 Å². The van der Waals surface area contributed by atoms with E-state index in [0.717, 1.165) is 32.5 Å². The number of amides is 1. The number of quaternary nitrogens is 1. The standard InChI is InChI=1S/C20H24N2OS/c1-16(20(23)21-12-9-19-8-5-15-24-19)22-13-10-18(11-14-22)17-6-3-2-4-7-17/h2-8,10,15-16H,9,11-14H2,1H3,(H,21,23)/p+1/t16-/m1/s1. The summed E-state index contributed by atoms with van der Waals surface area (Å²) in [6.45, 7) is 4.70. The van der Waals surface area contributed by atoms with Crippen molar-refractivity contribution in [2.24, 2.45) is 0 Å². The Morgan fingerprint density at radius 3 is 2.75 bits per heavy atom. The third-order valence-corrected chi connectivity index (χ3v) is 5.66. The highest BCUT2D eigenvalue weighted by Crippen LogP contribution is 2.17. The minimum absolute atomic E-state index is 0.00177. The van der Waals surface area contributed by atoms with E-state index < -0.39 is 0 Å². The second-order valence-corrected chi connectivity index (χ2v) is 7.33. The molecule has 2 N–H and O–H groups in total. The maximum absolute atomic E-state index is 12.4. The normalized spacial score (nSPS) is 18.7. The predicted molar refractivity (Wildman–Crippen MR) is 100 cm³/mol. The number of hydrogen-bond donors (Lipinski definition) is 2. The molecule has 2 atom stereocenters. The topological polar surface area (TPSA) is 33.5 Å². The van der Waals surface area contributed by atoms with Crippen LogP contribution in [0.3, 0.4) is 0 Å². The minimum Gasteiger partial charge on any atom is -0.351 e. The number of carbonyl (C=O) groups excluding carboxylic acids is 1. The highest BCUT2D eigenvalue weighted by Gasteiger charge is 2.26. The third kappa shape index (κ3) is 4.34. The zero-order valence-electron chi connectivity index (χ0n) is 14.1. The lowest BCUT2D eigenvalue weighted by molar-refractivity contribution is -0.909. The van der Waals surface area contributed by atoms with Gasteiger partial charge in [0.25, 0.3) is 5.91 Å². The smallest absolute Gasteiger partial charge is 0.278 e. The second kappa shape index (κ2) is 8.27. The lowest BCUT2D eigenvalue weighted by Gasteiger charge is -2.28. The molecule has 0 spiro atoms. The minimum atomic E-state index is 0.00177. The summed E-state index contributed by atoms with van der Waals surface area (Å²) < 4.78 is 0. The summed E-state index contributed by atoms with van der Waals surface area (Å²) in [7, 11) is 0. The molecule has 1 aliphatic rings. The molecule has 3 rings (SSSR count). The maximum Gasteiger partial charge on any atom is 0.278 e. The van der Waals surface area contributed by atoms with Crippen LogP contribution in [0.15, 0.2) is 53.9 Å². The molecule has 2 aromatic rings. The first kappa shape index (κ1) is 16.9. The Hall–Kier alpha value is -1.91. The molecule has 0 radical (unpaired) electrons. The van der Waals surface area contributed by atoms with Gasteiger partial charge in [0.05, 0.1) is 13.1 Å². The van der Waals surface area contributed by atoms with Gasteiger partial charge in [0.2, 0.25) is 0 Å². The van der Waals surface area contributed by atoms with E-state index in [9.17, 15) is 4.79 Å². The van der Waals surface area contributed by atoms with Crippen LogP contribution in [0.25, 0.3) is 5.57 Å². The molecule has 1 aliphatic heterocycles. The van der Waals surface area contributed by atoms with Gasteiger partial charge in [0, 0.05) is 17.8 Å². The molecule has 1 aromatic carbocycles. The molecular formula is C20H25N2OS+. The molecule has 24 heavy (non-hydrogen) atoms. The van der Waals surface area contributed by atoms with Gasteiger partial charge in [-0.05, 0) is 42.0 Å². The number of carbonyl (C=O) groups is 1. The molecule has 1 aromatic heterocycles. The van der Waals surface area contributed by atoms with Crippen molar-refractivity contribution in [3.05, 3.63) is 64.4 Å². The molecule has 1 unspecified atom stereocenters. The summed E-state index contributed by atoms with van der Waals surface area (Å²) in [6, 6.07) is 14.7. The van der Waals surface area contributed by atoms with Crippen molar-refractivity contribution in [2.45, 2.75) is 25.8 Å². The van der Waals surface area contributed by atoms with Gasteiger partial charge in [-0.1, -0.05) is 36.4 Å². The molecule has 0 saturated carbocycles. The summed E-state index contributed by atoms with van der Waals surface area (Å²) in [4.78, 5) is 15.0. The van der Waals surface area contributed by atoms with Crippen LogP contribution in [0, 0.1) is 0 Å². The van der Waals surface area contributed by atoms with Gasteiger partial charge in [-0.2, -0.15) is 0 Å². The average molecular weight is 342 g/mol. The van der Waals surface area contributed by atoms with Crippen molar-refractivity contribution in [1.29, 1.82) is 0 Å². The van der Waals surface area contributed by atoms with Crippen LogP contribution in [0.5, 0.6) is 0 Å². The average Bonchev–Trinajstić information content (AvgIpc) is 3.15. The number of benzene rings is 1. The van der Waals surface area contributed by atoms with Crippen LogP contribution in [-0.2, 0) is 11.2 Å². The molecule has 126 valence electrons. The van der Waals surface area contributed by atoms with Crippen LogP contribution in [0.1, 0.15) is 23.8 Å². The Morgan fingerprint density at radius 1 is 1.25 bits per heavy atom. The summed E-state index contributed by atoms with van der Waals surface area (Å²) in [6.07, 6.45) is 4.25. The second-order valence-electron chi connectivity index (χ2n) is 6.30. The van der Waals surface area contributed by atoms with Crippen LogP contribution in [-0.4, -0.2) is 31.6 Å². The van der Waals surface area contributed by atoms with E-state index in [4.69, 9.17) is 0 Å². The van der Waals surface area contributed by atoms with Crippen molar-refractivity contribution in [1.82, 2.24) is 5.32 Å². The summed E-state index contributed by atoms with van der Waals surface area (Å²) in [5.41, 5.74) is 2.72. The molecule has 0 fully saturated rings. The monoisotopic (exact) mass is 341 g/mol. The first-order valence-electron chi connectivity index (χ1n) is 8.63. The Labute approximate surface area is 148 Å². The van der Waals surface area contributed by atoms with Crippen molar-refractivity contribution in [3.8, 4) is 0 Å². The highest BCUT2D eigenvalue weighted by molar-refractivity contribution is 7.09. The number of rotatable bonds is 6. The molecule has 1 amide bonds. The van der Waals surface area contributed by atoms with Gasteiger partial charge < -0.3 is 10.2 Å². The van der Waals surface area contributed by atoms with Crippen molar-refractivity contribution in [3.63, 3.8) is 0 Å². The van der Waals surface area contributed by atoms with E-state index in [0.29, 0.717) is 0 Å². The molecule has 0 saturated heterocycles. The zero-order chi connectivity index (χ0) is 16.8. The van der Waals surface area contributed by atoms with Gasteiger partial charge >= 0.3 is 0 Å². The summed E-state index contributed by atoms with van der Waals surface area (Å²) in [5, 5.41) is 5.16. The third-order valence-electron chi connectivity index (χ3n) is 4.73. The van der Waals surface area contributed by atoms with Crippen LogP contribution >= 0.6 is 11.3 Å². The van der Waals surface area contributed by atoms with Gasteiger partial charge in [-0.3, -0.25) is 4.79 Å². The predicted octanol–water partition coefficient (Wildman–Crippen LogP) is 2.17. The quantitative estimate of drug-likeness (QED) is 0.829. The Bertz CT molecular complexity index is 679. The van der Waals surface area contributed by atoms with Crippen LogP contribution in [0.4, 0.5) is 0 Å². The maximum atomic E-state index is 12.4. The lowest BCUT2D eigenvalue weighted by Crippen LogP contribution is -3.17. The van der Waals surface area contributed by atoms with E-state index >= 15 is 0 Å². The fourth-order valence-corrected chi connectivity index (χ4v) is 3.87. The Morgan fingerprint density at radius 2 is 2.08 bits per heavy atom. The number of hydrogen-bond acceptors (Lipinski definition) is 2. The largest absolute Gasteiger partial charge is 0.351 e. The van der Waals surface area contributed by atoms with E-state index in [1.807, 2.05) is 13.0 Å². The summed E-state index contributed by atoms with van der Waals surface area (Å²) in [5.74, 6) is 0.165. The van der Waals surface area contributed by atoms with E-state index in [-0.39, 0.29) is 11.9 Å². The van der Waals surface area contributed by atoms with E-state index in [2.05, 4.69) is 53.2 Å². The molecule has 0 bridgehead atoms. The first-order chi connectivity index (χ1) is 11.7. The van der Waals surface area contributed by atoms with E-state index in [1.54, 1.807) is 11.3 Å². The number of nitrogens with one attached hydrogen (secondary N) is 2. The Balaban J connectivity index is 1.48. The van der Waals surface area contributed by atoms with Gasteiger partial charge in [-0.15, -0.1) is 11.3 Å². The van der Waals surface area contributed by atoms with Crippen molar-refractivity contribution >= 4 is 22.8 Å².